The first-order chi connectivity index (χ1) is 9.25. The Bertz CT molecular complexity index is 708. The molecule has 2 N–H and O–H groups in total. The van der Waals surface area contributed by atoms with Gasteiger partial charge in [-0.15, -0.1) is 5.10 Å². The molecule has 0 radical (unpaired) electrons. The first kappa shape index (κ1) is 11.9. The molecule has 1 aromatic heterocycles. The van der Waals surface area contributed by atoms with E-state index in [1.807, 2.05) is 48.5 Å². The first-order valence-corrected chi connectivity index (χ1v) is 6.44. The number of halogens is 1. The van der Waals surface area contributed by atoms with Crippen LogP contribution in [0.5, 0.6) is 0 Å². The van der Waals surface area contributed by atoms with Gasteiger partial charge in [-0.3, -0.25) is 0 Å². The van der Waals surface area contributed by atoms with Crippen molar-refractivity contribution in [3.8, 4) is 17.1 Å². The summed E-state index contributed by atoms with van der Waals surface area (Å²) in [7, 11) is 0. The quantitative estimate of drug-likeness (QED) is 0.738. The third-order valence-corrected chi connectivity index (χ3v) is 3.21. The van der Waals surface area contributed by atoms with Crippen molar-refractivity contribution in [2.75, 3.05) is 5.73 Å². The van der Waals surface area contributed by atoms with Crippen molar-refractivity contribution >= 4 is 21.6 Å². The predicted octanol–water partition coefficient (Wildman–Crippen LogP) is 2.67. The minimum absolute atomic E-state index is 0.610. The fraction of sp³-hybridized carbons (Fsp3) is 0. The Labute approximate surface area is 118 Å². The van der Waals surface area contributed by atoms with Crippen LogP contribution in [0.3, 0.4) is 0 Å². The minimum Gasteiger partial charge on any atom is -0.397 e. The molecule has 0 atom stereocenters. The lowest BCUT2D eigenvalue weighted by atomic mass is 10.2. The second-order valence-corrected chi connectivity index (χ2v) is 4.90. The molecule has 6 heteroatoms. The Kier molecular flexibility index (Phi) is 3.00. The zero-order chi connectivity index (χ0) is 13.2. The molecule has 0 aliphatic heterocycles. The number of anilines is 1. The van der Waals surface area contributed by atoms with Crippen LogP contribution in [0.1, 0.15) is 0 Å². The van der Waals surface area contributed by atoms with Crippen molar-refractivity contribution in [1.29, 1.82) is 0 Å². The Morgan fingerprint density at radius 1 is 1.05 bits per heavy atom. The molecule has 0 bridgehead atoms. The van der Waals surface area contributed by atoms with Crippen LogP contribution in [-0.4, -0.2) is 20.2 Å². The fourth-order valence-electron chi connectivity index (χ4n) is 1.83. The van der Waals surface area contributed by atoms with Gasteiger partial charge in [0.15, 0.2) is 5.82 Å². The molecule has 0 aliphatic carbocycles. The number of nitrogen functional groups attached to an aromatic ring is 1. The third-order valence-electron chi connectivity index (χ3n) is 2.72. The molecule has 0 amide bonds. The maximum atomic E-state index is 6.01. The van der Waals surface area contributed by atoms with Gasteiger partial charge in [0, 0.05) is 10.0 Å². The average Bonchev–Trinajstić information content (AvgIpc) is 2.89. The topological polar surface area (TPSA) is 69.6 Å². The van der Waals surface area contributed by atoms with Gasteiger partial charge in [-0.25, -0.2) is 0 Å². The van der Waals surface area contributed by atoms with E-state index < -0.39 is 0 Å². The van der Waals surface area contributed by atoms with Gasteiger partial charge in [0.2, 0.25) is 0 Å². The highest BCUT2D eigenvalue weighted by molar-refractivity contribution is 9.10. The van der Waals surface area contributed by atoms with E-state index in [-0.39, 0.29) is 0 Å². The van der Waals surface area contributed by atoms with Crippen LogP contribution in [-0.2, 0) is 0 Å². The summed E-state index contributed by atoms with van der Waals surface area (Å²) >= 11 is 3.38. The summed E-state index contributed by atoms with van der Waals surface area (Å²) < 4.78 is 2.56. The highest BCUT2D eigenvalue weighted by Gasteiger charge is 2.12. The van der Waals surface area contributed by atoms with Gasteiger partial charge < -0.3 is 5.73 Å². The summed E-state index contributed by atoms with van der Waals surface area (Å²) in [6.45, 7) is 0. The number of rotatable bonds is 2. The van der Waals surface area contributed by atoms with Crippen molar-refractivity contribution in [2.24, 2.45) is 0 Å². The van der Waals surface area contributed by atoms with Gasteiger partial charge in [-0.1, -0.05) is 46.3 Å². The average molecular weight is 316 g/mol. The van der Waals surface area contributed by atoms with E-state index in [1.165, 1.54) is 0 Å². The van der Waals surface area contributed by atoms with E-state index in [4.69, 9.17) is 5.73 Å². The largest absolute Gasteiger partial charge is 0.397 e. The summed E-state index contributed by atoms with van der Waals surface area (Å²) in [5.41, 5.74) is 8.32. The lowest BCUT2D eigenvalue weighted by Crippen LogP contribution is -2.03. The van der Waals surface area contributed by atoms with Crippen LogP contribution in [0.4, 0.5) is 5.69 Å². The number of benzene rings is 2. The number of tetrazole rings is 1. The minimum atomic E-state index is 0.610. The van der Waals surface area contributed by atoms with Gasteiger partial charge in [0.25, 0.3) is 0 Å². The molecule has 3 aromatic rings. The lowest BCUT2D eigenvalue weighted by Gasteiger charge is -2.07. The molecule has 5 nitrogen and oxygen atoms in total. The summed E-state index contributed by atoms with van der Waals surface area (Å²) in [5.74, 6) is 0.662. The van der Waals surface area contributed by atoms with E-state index in [0.29, 0.717) is 11.5 Å². The monoisotopic (exact) mass is 315 g/mol. The highest BCUT2D eigenvalue weighted by atomic mass is 79.9. The van der Waals surface area contributed by atoms with Gasteiger partial charge in [-0.2, -0.15) is 4.68 Å². The maximum Gasteiger partial charge on any atom is 0.187 e. The van der Waals surface area contributed by atoms with E-state index in [0.717, 1.165) is 15.7 Å². The molecular formula is C13H10BrN5. The summed E-state index contributed by atoms with van der Waals surface area (Å²) in [4.78, 5) is 0. The van der Waals surface area contributed by atoms with E-state index in [2.05, 4.69) is 31.5 Å². The van der Waals surface area contributed by atoms with Crippen molar-refractivity contribution in [3.63, 3.8) is 0 Å². The normalized spacial score (nSPS) is 10.6. The third kappa shape index (κ3) is 2.22. The van der Waals surface area contributed by atoms with Crippen LogP contribution in [0.25, 0.3) is 17.1 Å². The molecular weight excluding hydrogens is 306 g/mol. The molecule has 0 aliphatic rings. The number of nitrogens with two attached hydrogens (primary N) is 1. The number of hydrogen-bond donors (Lipinski definition) is 1. The van der Waals surface area contributed by atoms with E-state index in [9.17, 15) is 0 Å². The highest BCUT2D eigenvalue weighted by Crippen LogP contribution is 2.25. The Morgan fingerprint density at radius 3 is 2.58 bits per heavy atom. The zero-order valence-corrected chi connectivity index (χ0v) is 11.4. The smallest absolute Gasteiger partial charge is 0.187 e. The molecule has 19 heavy (non-hydrogen) atoms. The standard InChI is InChI=1S/C13H10BrN5/c14-10-6-7-12(11(15)8-10)19-13(16-17-18-19)9-4-2-1-3-5-9/h1-8H,15H2. The molecule has 0 unspecified atom stereocenters. The Hall–Kier alpha value is -2.21. The van der Waals surface area contributed by atoms with E-state index in [1.54, 1.807) is 4.68 Å². The molecule has 0 saturated heterocycles. The first-order valence-electron chi connectivity index (χ1n) is 5.65. The van der Waals surface area contributed by atoms with Crippen LogP contribution in [0, 0.1) is 0 Å². The van der Waals surface area contributed by atoms with E-state index >= 15 is 0 Å². The molecule has 0 spiro atoms. The molecule has 0 fully saturated rings. The summed E-state index contributed by atoms with van der Waals surface area (Å²) in [5, 5.41) is 11.8. The number of aromatic nitrogens is 4. The van der Waals surface area contributed by atoms with Crippen LogP contribution >= 0.6 is 15.9 Å². The second-order valence-electron chi connectivity index (χ2n) is 3.98. The van der Waals surface area contributed by atoms with Gasteiger partial charge in [0.05, 0.1) is 11.4 Å². The summed E-state index contributed by atoms with van der Waals surface area (Å²) in [6.07, 6.45) is 0. The Balaban J connectivity index is 2.15. The molecule has 2 aromatic carbocycles. The summed E-state index contributed by atoms with van der Waals surface area (Å²) in [6, 6.07) is 15.4. The van der Waals surface area contributed by atoms with Crippen molar-refractivity contribution in [2.45, 2.75) is 0 Å². The zero-order valence-electron chi connectivity index (χ0n) is 9.86. The molecule has 94 valence electrons. The number of nitrogens with zero attached hydrogens (tertiary/aromatic N) is 4. The van der Waals surface area contributed by atoms with Crippen LogP contribution in [0.15, 0.2) is 53.0 Å². The number of hydrogen-bond acceptors (Lipinski definition) is 4. The van der Waals surface area contributed by atoms with Gasteiger partial charge in [0.1, 0.15) is 0 Å². The van der Waals surface area contributed by atoms with Crippen LogP contribution in [0.2, 0.25) is 0 Å². The second kappa shape index (κ2) is 4.81. The molecule has 0 saturated carbocycles. The predicted molar refractivity (Wildman–Crippen MR) is 76.7 cm³/mol. The molecule has 1 heterocycles. The van der Waals surface area contributed by atoms with Crippen LogP contribution < -0.4 is 5.73 Å². The van der Waals surface area contributed by atoms with Crippen molar-refractivity contribution < 1.29 is 0 Å². The molecule has 3 rings (SSSR count). The fourth-order valence-corrected chi connectivity index (χ4v) is 2.21. The lowest BCUT2D eigenvalue weighted by molar-refractivity contribution is 0.792. The van der Waals surface area contributed by atoms with Gasteiger partial charge >= 0.3 is 0 Å². The van der Waals surface area contributed by atoms with Crippen molar-refractivity contribution in [3.05, 3.63) is 53.0 Å². The SMILES string of the molecule is Nc1cc(Br)ccc1-n1nnnc1-c1ccccc1. The van der Waals surface area contributed by atoms with Gasteiger partial charge in [-0.05, 0) is 28.6 Å². The van der Waals surface area contributed by atoms with Crippen molar-refractivity contribution in [1.82, 2.24) is 20.2 Å². The maximum absolute atomic E-state index is 6.01. The Morgan fingerprint density at radius 2 is 1.84 bits per heavy atom.